The number of rotatable bonds is 6. The third-order valence-electron chi connectivity index (χ3n) is 4.99. The van der Waals surface area contributed by atoms with Gasteiger partial charge in [-0.2, -0.15) is 0 Å². The molecule has 1 aliphatic rings. The van der Waals surface area contributed by atoms with Gasteiger partial charge in [0.2, 0.25) is 0 Å². The number of amides is 1. The summed E-state index contributed by atoms with van der Waals surface area (Å²) in [4.78, 5) is 30.3. The third-order valence-corrected chi connectivity index (χ3v) is 4.99. The maximum Gasteiger partial charge on any atom is 0.306 e. The predicted octanol–water partition coefficient (Wildman–Crippen LogP) is 3.40. The minimum Gasteiger partial charge on any atom is -0.456 e. The van der Waals surface area contributed by atoms with Crippen molar-refractivity contribution in [2.24, 2.45) is 0 Å². The Morgan fingerprint density at radius 2 is 1.79 bits per heavy atom. The number of ether oxygens (including phenoxy) is 1. The first-order valence-electron chi connectivity index (χ1n) is 9.69. The van der Waals surface area contributed by atoms with Gasteiger partial charge in [-0.3, -0.25) is 9.59 Å². The minimum absolute atomic E-state index is 0.116. The van der Waals surface area contributed by atoms with Gasteiger partial charge in [-0.1, -0.05) is 54.6 Å². The molecular weight excluding hydrogens is 368 g/mol. The highest BCUT2D eigenvalue weighted by molar-refractivity contribution is 5.81. The molecule has 0 fully saturated rings. The Morgan fingerprint density at radius 1 is 1.03 bits per heavy atom. The molecule has 148 valence electrons. The van der Waals surface area contributed by atoms with Gasteiger partial charge in [0, 0.05) is 25.1 Å². The Bertz CT molecular complexity index is 997. The van der Waals surface area contributed by atoms with E-state index in [9.17, 15) is 9.59 Å². The first-order chi connectivity index (χ1) is 14.2. The first kappa shape index (κ1) is 18.9. The average Bonchev–Trinajstić information content (AvgIpc) is 3.25. The van der Waals surface area contributed by atoms with Gasteiger partial charge in [0.05, 0.1) is 12.6 Å². The van der Waals surface area contributed by atoms with E-state index in [0.717, 1.165) is 17.5 Å². The molecule has 0 bridgehead atoms. The third kappa shape index (κ3) is 4.71. The van der Waals surface area contributed by atoms with Gasteiger partial charge in [0.25, 0.3) is 5.91 Å². The van der Waals surface area contributed by atoms with E-state index in [0.29, 0.717) is 31.2 Å². The van der Waals surface area contributed by atoms with Crippen LogP contribution >= 0.6 is 0 Å². The van der Waals surface area contributed by atoms with Gasteiger partial charge in [0.15, 0.2) is 18.3 Å². The first-order valence-corrected chi connectivity index (χ1v) is 9.69. The molecule has 0 radical (unpaired) electrons. The van der Waals surface area contributed by atoms with E-state index in [1.165, 1.54) is 5.56 Å². The number of aryl methyl sites for hydroxylation is 1. The van der Waals surface area contributed by atoms with Gasteiger partial charge >= 0.3 is 5.97 Å². The maximum atomic E-state index is 12.4. The molecule has 29 heavy (non-hydrogen) atoms. The molecule has 0 spiro atoms. The fourth-order valence-corrected chi connectivity index (χ4v) is 3.38. The lowest BCUT2D eigenvalue weighted by molar-refractivity contribution is -0.152. The number of fused-ring (bicyclic) bond motifs is 1. The molecule has 3 aromatic rings. The van der Waals surface area contributed by atoms with Gasteiger partial charge in [0.1, 0.15) is 0 Å². The molecule has 1 aliphatic heterocycles. The van der Waals surface area contributed by atoms with Crippen molar-refractivity contribution in [2.45, 2.75) is 25.8 Å². The summed E-state index contributed by atoms with van der Waals surface area (Å²) in [5, 5.41) is 0. The van der Waals surface area contributed by atoms with E-state index in [1.807, 2.05) is 48.5 Å². The lowest BCUT2D eigenvalue weighted by atomic mass is 10.00. The van der Waals surface area contributed by atoms with Crippen molar-refractivity contribution in [1.82, 2.24) is 9.88 Å². The second kappa shape index (κ2) is 8.73. The number of esters is 1. The van der Waals surface area contributed by atoms with E-state index in [-0.39, 0.29) is 18.9 Å². The standard InChI is InChI=1S/C23H22N2O4/c26-22(25-13-12-17-6-4-5-9-19(17)15-25)16-28-23(27)11-10-21-24-14-20(29-21)18-7-2-1-3-8-18/h1-9,14H,10-13,15-16H2. The van der Waals surface area contributed by atoms with Crippen molar-refractivity contribution < 1.29 is 18.7 Å². The Labute approximate surface area is 169 Å². The molecule has 0 saturated carbocycles. The molecule has 2 heterocycles. The Hall–Kier alpha value is -3.41. The van der Waals surface area contributed by atoms with Crippen molar-refractivity contribution in [1.29, 1.82) is 0 Å². The number of hydrogen-bond acceptors (Lipinski definition) is 5. The van der Waals surface area contributed by atoms with Gasteiger partial charge in [-0.15, -0.1) is 0 Å². The van der Waals surface area contributed by atoms with Crippen LogP contribution in [-0.2, 0) is 33.7 Å². The summed E-state index contributed by atoms with van der Waals surface area (Å²) < 4.78 is 10.8. The average molecular weight is 390 g/mol. The monoisotopic (exact) mass is 390 g/mol. The van der Waals surface area contributed by atoms with Gasteiger partial charge < -0.3 is 14.1 Å². The molecule has 6 nitrogen and oxygen atoms in total. The van der Waals surface area contributed by atoms with Crippen molar-refractivity contribution in [2.75, 3.05) is 13.2 Å². The number of nitrogens with zero attached hydrogens (tertiary/aromatic N) is 2. The number of hydrogen-bond donors (Lipinski definition) is 0. The van der Waals surface area contributed by atoms with Crippen LogP contribution in [0.4, 0.5) is 0 Å². The normalized spacial score (nSPS) is 13.0. The van der Waals surface area contributed by atoms with Crippen molar-refractivity contribution in [3.63, 3.8) is 0 Å². The van der Waals surface area contributed by atoms with Crippen LogP contribution in [0.3, 0.4) is 0 Å². The SMILES string of the molecule is O=C(CCc1ncc(-c2ccccc2)o1)OCC(=O)N1CCc2ccccc2C1. The van der Waals surface area contributed by atoms with E-state index < -0.39 is 5.97 Å². The van der Waals surface area contributed by atoms with Crippen molar-refractivity contribution in [3.8, 4) is 11.3 Å². The second-order valence-electron chi connectivity index (χ2n) is 6.98. The number of carbonyl (C=O) groups is 2. The maximum absolute atomic E-state index is 12.4. The molecule has 0 aliphatic carbocycles. The second-order valence-corrected chi connectivity index (χ2v) is 6.98. The lowest BCUT2D eigenvalue weighted by Gasteiger charge is -2.28. The summed E-state index contributed by atoms with van der Waals surface area (Å²) in [5.41, 5.74) is 3.36. The summed E-state index contributed by atoms with van der Waals surface area (Å²) in [5.74, 6) is 0.528. The largest absolute Gasteiger partial charge is 0.456 e. The quantitative estimate of drug-likeness (QED) is 0.603. The van der Waals surface area contributed by atoms with E-state index >= 15 is 0 Å². The van der Waals surface area contributed by atoms with Crippen LogP contribution in [0.5, 0.6) is 0 Å². The van der Waals surface area contributed by atoms with Crippen LogP contribution < -0.4 is 0 Å². The number of oxazole rings is 1. The molecule has 0 atom stereocenters. The van der Waals surface area contributed by atoms with Crippen LogP contribution in [0.15, 0.2) is 65.2 Å². The van der Waals surface area contributed by atoms with Crippen molar-refractivity contribution >= 4 is 11.9 Å². The number of carbonyl (C=O) groups excluding carboxylic acids is 2. The topological polar surface area (TPSA) is 72.6 Å². The highest BCUT2D eigenvalue weighted by atomic mass is 16.5. The number of aromatic nitrogens is 1. The molecule has 1 aromatic heterocycles. The molecular formula is C23H22N2O4. The highest BCUT2D eigenvalue weighted by Gasteiger charge is 2.21. The summed E-state index contributed by atoms with van der Waals surface area (Å²) in [7, 11) is 0. The van der Waals surface area contributed by atoms with Crippen LogP contribution in [0, 0.1) is 0 Å². The van der Waals surface area contributed by atoms with Crippen LogP contribution in [0.2, 0.25) is 0 Å². The number of benzene rings is 2. The molecule has 4 rings (SSSR count). The molecule has 2 aromatic carbocycles. The van der Waals surface area contributed by atoms with E-state index in [4.69, 9.17) is 9.15 Å². The fraction of sp³-hybridized carbons (Fsp3) is 0.261. The Balaban J connectivity index is 1.23. The summed E-state index contributed by atoms with van der Waals surface area (Å²) in [6, 6.07) is 17.7. The zero-order valence-electron chi connectivity index (χ0n) is 16.0. The van der Waals surface area contributed by atoms with Crippen molar-refractivity contribution in [3.05, 3.63) is 77.8 Å². The summed E-state index contributed by atoms with van der Waals surface area (Å²) >= 11 is 0. The Morgan fingerprint density at radius 3 is 2.62 bits per heavy atom. The van der Waals surface area contributed by atoms with Crippen LogP contribution in [-0.4, -0.2) is 34.9 Å². The minimum atomic E-state index is -0.435. The molecule has 0 N–H and O–H groups in total. The molecule has 0 saturated heterocycles. The van der Waals surface area contributed by atoms with Gasteiger partial charge in [-0.25, -0.2) is 4.98 Å². The van der Waals surface area contributed by atoms with Crippen LogP contribution in [0.1, 0.15) is 23.4 Å². The molecule has 6 heteroatoms. The molecule has 0 unspecified atom stereocenters. The smallest absolute Gasteiger partial charge is 0.306 e. The zero-order valence-corrected chi connectivity index (χ0v) is 16.0. The zero-order chi connectivity index (χ0) is 20.1. The summed E-state index contributed by atoms with van der Waals surface area (Å²) in [6.07, 6.45) is 2.92. The van der Waals surface area contributed by atoms with E-state index in [1.54, 1.807) is 11.1 Å². The molecule has 1 amide bonds. The lowest BCUT2D eigenvalue weighted by Crippen LogP contribution is -2.38. The summed E-state index contributed by atoms with van der Waals surface area (Å²) in [6.45, 7) is 0.971. The van der Waals surface area contributed by atoms with Crippen LogP contribution in [0.25, 0.3) is 11.3 Å². The predicted molar refractivity (Wildman–Crippen MR) is 107 cm³/mol. The fourth-order valence-electron chi connectivity index (χ4n) is 3.38. The Kier molecular flexibility index (Phi) is 5.70. The van der Waals surface area contributed by atoms with E-state index in [2.05, 4.69) is 11.1 Å². The van der Waals surface area contributed by atoms with Gasteiger partial charge in [-0.05, 0) is 17.5 Å². The highest BCUT2D eigenvalue weighted by Crippen LogP contribution is 2.21.